The van der Waals surface area contributed by atoms with Gasteiger partial charge in [0.2, 0.25) is 0 Å². The molecular formula is C9H11ClO3S. The molecule has 0 aliphatic heterocycles. The summed E-state index contributed by atoms with van der Waals surface area (Å²) < 4.78 is 26.4. The molecule has 0 fully saturated rings. The number of halogens is 1. The molecule has 3 nitrogen and oxygen atoms in total. The highest BCUT2D eigenvalue weighted by Crippen LogP contribution is 2.23. The van der Waals surface area contributed by atoms with Crippen molar-refractivity contribution in [3.05, 3.63) is 28.8 Å². The largest absolute Gasteiger partial charge is 0.383 e. The molecule has 0 aliphatic rings. The van der Waals surface area contributed by atoms with E-state index in [0.717, 1.165) is 18.2 Å². The minimum atomic E-state index is -3.46. The van der Waals surface area contributed by atoms with Crippen molar-refractivity contribution in [1.29, 1.82) is 0 Å². The van der Waals surface area contributed by atoms with Crippen molar-refractivity contribution < 1.29 is 12.6 Å². The number of benzene rings is 1. The summed E-state index contributed by atoms with van der Waals surface area (Å²) in [5.41, 5.74) is 0.868. The van der Waals surface area contributed by atoms with Crippen LogP contribution in [-0.2, 0) is 16.5 Å². The molecule has 0 atom stereocenters. The third-order valence-corrected chi connectivity index (χ3v) is 2.51. The lowest BCUT2D eigenvalue weighted by atomic mass is 10.2. The summed E-state index contributed by atoms with van der Waals surface area (Å²) in [6.07, 6.45) is 1.74. The van der Waals surface area contributed by atoms with Crippen molar-refractivity contribution in [3.63, 3.8) is 0 Å². The molecule has 0 bridgehead atoms. The first-order valence-corrected chi connectivity index (χ1v) is 6.29. The fraction of sp³-hybridized carbons (Fsp3) is 0.333. The van der Waals surface area contributed by atoms with Crippen LogP contribution in [0, 0.1) is 0 Å². The van der Waals surface area contributed by atoms with E-state index in [-0.39, 0.29) is 0 Å². The molecule has 0 saturated heterocycles. The summed E-state index contributed by atoms with van der Waals surface area (Å²) in [6.45, 7) is 1.94. The number of aryl methyl sites for hydroxylation is 1. The predicted molar refractivity (Wildman–Crippen MR) is 56.3 cm³/mol. The molecule has 0 unspecified atom stereocenters. The first-order valence-electron chi connectivity index (χ1n) is 4.10. The van der Waals surface area contributed by atoms with Crippen molar-refractivity contribution in [3.8, 4) is 5.75 Å². The summed E-state index contributed by atoms with van der Waals surface area (Å²) in [7, 11) is -3.46. The maximum atomic E-state index is 10.8. The monoisotopic (exact) mass is 234 g/mol. The second-order valence-corrected chi connectivity index (χ2v) is 4.88. The van der Waals surface area contributed by atoms with Crippen LogP contribution in [-0.4, -0.2) is 14.7 Å². The molecule has 0 aliphatic carbocycles. The molecule has 0 saturated carbocycles. The number of rotatable bonds is 3. The Balaban J connectivity index is 3.01. The van der Waals surface area contributed by atoms with E-state index < -0.39 is 10.1 Å². The zero-order valence-electron chi connectivity index (χ0n) is 7.95. The lowest BCUT2D eigenvalue weighted by molar-refractivity contribution is 0.492. The van der Waals surface area contributed by atoms with Gasteiger partial charge >= 0.3 is 10.1 Å². The van der Waals surface area contributed by atoms with Crippen molar-refractivity contribution in [2.75, 3.05) is 6.26 Å². The van der Waals surface area contributed by atoms with Crippen LogP contribution < -0.4 is 4.18 Å². The van der Waals surface area contributed by atoms with Gasteiger partial charge in [0, 0.05) is 5.02 Å². The molecular weight excluding hydrogens is 224 g/mol. The van der Waals surface area contributed by atoms with E-state index in [2.05, 4.69) is 0 Å². The third-order valence-electron chi connectivity index (χ3n) is 1.65. The molecule has 0 aromatic heterocycles. The molecule has 0 amide bonds. The normalized spacial score (nSPS) is 11.4. The number of hydrogen-bond donors (Lipinski definition) is 0. The van der Waals surface area contributed by atoms with E-state index in [4.69, 9.17) is 15.8 Å². The van der Waals surface area contributed by atoms with Crippen molar-refractivity contribution in [1.82, 2.24) is 0 Å². The van der Waals surface area contributed by atoms with Crippen LogP contribution in [0.25, 0.3) is 0 Å². The van der Waals surface area contributed by atoms with Crippen molar-refractivity contribution >= 4 is 21.7 Å². The van der Waals surface area contributed by atoms with Gasteiger partial charge in [-0.15, -0.1) is 0 Å². The summed E-state index contributed by atoms with van der Waals surface area (Å²) in [6, 6.07) is 4.78. The first kappa shape index (κ1) is 11.3. The zero-order valence-corrected chi connectivity index (χ0v) is 9.52. The lowest BCUT2D eigenvalue weighted by Gasteiger charge is -2.05. The quantitative estimate of drug-likeness (QED) is 0.754. The summed E-state index contributed by atoms with van der Waals surface area (Å²) in [5, 5.41) is 0.619. The summed E-state index contributed by atoms with van der Waals surface area (Å²) in [4.78, 5) is 0. The SMILES string of the molecule is CCc1cc(OS(C)(=O)=O)ccc1Cl. The fourth-order valence-corrected chi connectivity index (χ4v) is 1.75. The van der Waals surface area contributed by atoms with Crippen molar-refractivity contribution in [2.24, 2.45) is 0 Å². The van der Waals surface area contributed by atoms with Crippen LogP contribution in [0.4, 0.5) is 0 Å². The highest BCUT2D eigenvalue weighted by molar-refractivity contribution is 7.86. The fourth-order valence-electron chi connectivity index (χ4n) is 1.05. The Kier molecular flexibility index (Phi) is 3.39. The molecule has 1 aromatic carbocycles. The highest BCUT2D eigenvalue weighted by Gasteiger charge is 2.06. The van der Waals surface area contributed by atoms with E-state index in [0.29, 0.717) is 10.8 Å². The lowest BCUT2D eigenvalue weighted by Crippen LogP contribution is -2.05. The van der Waals surface area contributed by atoms with E-state index in [1.807, 2.05) is 6.92 Å². The Hall–Kier alpha value is -0.740. The summed E-state index contributed by atoms with van der Waals surface area (Å²) >= 11 is 5.86. The molecule has 0 radical (unpaired) electrons. The van der Waals surface area contributed by atoms with E-state index in [9.17, 15) is 8.42 Å². The second kappa shape index (κ2) is 4.19. The smallest absolute Gasteiger partial charge is 0.306 e. The molecule has 0 spiro atoms. The maximum absolute atomic E-state index is 10.8. The highest BCUT2D eigenvalue weighted by atomic mass is 35.5. The standard InChI is InChI=1S/C9H11ClO3S/c1-3-7-6-8(4-5-9(7)10)13-14(2,11)12/h4-6H,3H2,1-2H3. The Morgan fingerprint density at radius 2 is 2.07 bits per heavy atom. The average molecular weight is 235 g/mol. The van der Waals surface area contributed by atoms with Gasteiger partial charge < -0.3 is 4.18 Å². The molecule has 14 heavy (non-hydrogen) atoms. The third kappa shape index (κ3) is 3.20. The average Bonchev–Trinajstić information content (AvgIpc) is 2.06. The zero-order chi connectivity index (χ0) is 10.8. The summed E-state index contributed by atoms with van der Waals surface area (Å²) in [5.74, 6) is 0.300. The Labute approximate surface area is 88.8 Å². The minimum absolute atomic E-state index is 0.300. The van der Waals surface area contributed by atoms with Gasteiger partial charge in [-0.3, -0.25) is 0 Å². The van der Waals surface area contributed by atoms with Gasteiger partial charge in [0.25, 0.3) is 0 Å². The Morgan fingerprint density at radius 1 is 1.43 bits per heavy atom. The van der Waals surface area contributed by atoms with Crippen LogP contribution in [0.5, 0.6) is 5.75 Å². The van der Waals surface area contributed by atoms with Crippen LogP contribution in [0.2, 0.25) is 5.02 Å². The van der Waals surface area contributed by atoms with Crippen LogP contribution in [0.1, 0.15) is 12.5 Å². The molecule has 0 N–H and O–H groups in total. The molecule has 78 valence electrons. The van der Waals surface area contributed by atoms with Crippen molar-refractivity contribution in [2.45, 2.75) is 13.3 Å². The maximum Gasteiger partial charge on any atom is 0.306 e. The van der Waals surface area contributed by atoms with Gasteiger partial charge in [0.05, 0.1) is 6.26 Å². The van der Waals surface area contributed by atoms with Crippen LogP contribution >= 0.6 is 11.6 Å². The van der Waals surface area contributed by atoms with E-state index >= 15 is 0 Å². The van der Waals surface area contributed by atoms with E-state index in [1.54, 1.807) is 12.1 Å². The second-order valence-electron chi connectivity index (χ2n) is 2.89. The molecule has 0 heterocycles. The number of hydrogen-bond acceptors (Lipinski definition) is 3. The predicted octanol–water partition coefficient (Wildman–Crippen LogP) is 2.24. The Bertz CT molecular complexity index is 426. The van der Waals surface area contributed by atoms with Gasteiger partial charge in [0.1, 0.15) is 5.75 Å². The van der Waals surface area contributed by atoms with Crippen LogP contribution in [0.15, 0.2) is 18.2 Å². The first-order chi connectivity index (χ1) is 6.42. The Morgan fingerprint density at radius 3 is 2.57 bits per heavy atom. The topological polar surface area (TPSA) is 43.4 Å². The molecule has 1 aromatic rings. The van der Waals surface area contributed by atoms with Gasteiger partial charge in [-0.05, 0) is 30.2 Å². The molecule has 1 rings (SSSR count). The van der Waals surface area contributed by atoms with Gasteiger partial charge in [-0.1, -0.05) is 18.5 Å². The van der Waals surface area contributed by atoms with E-state index in [1.165, 1.54) is 6.07 Å². The van der Waals surface area contributed by atoms with Crippen LogP contribution in [0.3, 0.4) is 0 Å². The van der Waals surface area contributed by atoms with Gasteiger partial charge in [-0.25, -0.2) is 0 Å². The van der Waals surface area contributed by atoms with Gasteiger partial charge in [-0.2, -0.15) is 8.42 Å². The minimum Gasteiger partial charge on any atom is -0.383 e. The molecule has 5 heteroatoms. The van der Waals surface area contributed by atoms with Gasteiger partial charge in [0.15, 0.2) is 0 Å².